The third-order valence-electron chi connectivity index (χ3n) is 4.09. The zero-order valence-corrected chi connectivity index (χ0v) is 16.5. The zero-order valence-electron chi connectivity index (χ0n) is 14.9. The molecule has 0 spiro atoms. The molecule has 0 aliphatic heterocycles. The Morgan fingerprint density at radius 2 is 2.00 bits per heavy atom. The van der Waals surface area contributed by atoms with E-state index in [0.29, 0.717) is 21.5 Å². The van der Waals surface area contributed by atoms with Gasteiger partial charge in [-0.1, -0.05) is 40.1 Å². The van der Waals surface area contributed by atoms with E-state index >= 15 is 0 Å². The number of rotatable bonds is 6. The molecule has 5 nitrogen and oxygen atoms in total. The van der Waals surface area contributed by atoms with Crippen LogP contribution in [0.15, 0.2) is 51.5 Å². The number of ether oxygens (including phenoxy) is 1. The normalized spacial score (nSPS) is 10.7. The van der Waals surface area contributed by atoms with E-state index in [0.717, 1.165) is 6.42 Å². The van der Waals surface area contributed by atoms with E-state index in [-0.39, 0.29) is 18.0 Å². The number of carbonyl (C=O) groups is 1. The van der Waals surface area contributed by atoms with Gasteiger partial charge in [0.05, 0.1) is 11.3 Å². The molecule has 0 bridgehead atoms. The van der Waals surface area contributed by atoms with Gasteiger partial charge in [-0.3, -0.25) is 4.79 Å². The molecule has 1 N–H and O–H groups in total. The molecule has 140 valence electrons. The van der Waals surface area contributed by atoms with E-state index in [9.17, 15) is 9.18 Å². The number of amides is 1. The largest absolute Gasteiger partial charge is 0.489 e. The number of anilines is 1. The monoisotopic (exact) mass is 432 g/mol. The lowest BCUT2D eigenvalue weighted by Crippen LogP contribution is -2.16. The van der Waals surface area contributed by atoms with E-state index < -0.39 is 11.7 Å². The summed E-state index contributed by atoms with van der Waals surface area (Å²) >= 11 is 3.18. The van der Waals surface area contributed by atoms with E-state index in [2.05, 4.69) is 33.3 Å². The minimum Gasteiger partial charge on any atom is -0.489 e. The maximum Gasteiger partial charge on any atom is 0.278 e. The molecule has 7 heteroatoms. The molecule has 0 aliphatic carbocycles. The number of aryl methyl sites for hydroxylation is 2. The van der Waals surface area contributed by atoms with Crippen LogP contribution in [0, 0.1) is 12.7 Å². The Labute approximate surface area is 164 Å². The lowest BCUT2D eigenvalue weighted by molar-refractivity contribution is 0.101. The minimum atomic E-state index is -0.562. The van der Waals surface area contributed by atoms with Gasteiger partial charge in [0.2, 0.25) is 0 Å². The first kappa shape index (κ1) is 19.1. The fourth-order valence-corrected chi connectivity index (χ4v) is 2.82. The van der Waals surface area contributed by atoms with Gasteiger partial charge in [0.25, 0.3) is 5.91 Å². The van der Waals surface area contributed by atoms with Crippen LogP contribution in [0.25, 0.3) is 0 Å². The van der Waals surface area contributed by atoms with Gasteiger partial charge in [-0.15, -0.1) is 0 Å². The van der Waals surface area contributed by atoms with Crippen LogP contribution < -0.4 is 10.1 Å². The first-order valence-electron chi connectivity index (χ1n) is 8.41. The third kappa shape index (κ3) is 4.54. The maximum absolute atomic E-state index is 14.0. The zero-order chi connectivity index (χ0) is 19.4. The summed E-state index contributed by atoms with van der Waals surface area (Å²) in [6, 6.07) is 12.1. The Morgan fingerprint density at radius 3 is 2.67 bits per heavy atom. The smallest absolute Gasteiger partial charge is 0.278 e. The van der Waals surface area contributed by atoms with Crippen LogP contribution in [0.4, 0.5) is 10.1 Å². The fraction of sp³-hybridized carbons (Fsp3) is 0.200. The SMILES string of the molecule is CCc1ccc(OCc2c(C(=O)Nc3ccc(Br)cc3F)noc2C)cc1. The Hall–Kier alpha value is -2.67. The summed E-state index contributed by atoms with van der Waals surface area (Å²) in [6.45, 7) is 3.89. The highest BCUT2D eigenvalue weighted by Crippen LogP contribution is 2.22. The van der Waals surface area contributed by atoms with Crippen LogP contribution in [-0.2, 0) is 13.0 Å². The van der Waals surface area contributed by atoms with Gasteiger partial charge in [-0.05, 0) is 49.2 Å². The molecular formula is C20H18BrFN2O3. The molecule has 1 amide bonds. The number of hydrogen-bond acceptors (Lipinski definition) is 4. The van der Waals surface area contributed by atoms with Crippen molar-refractivity contribution in [3.8, 4) is 5.75 Å². The average Bonchev–Trinajstić information content (AvgIpc) is 3.03. The molecule has 0 unspecified atom stereocenters. The van der Waals surface area contributed by atoms with Crippen molar-refractivity contribution < 1.29 is 18.4 Å². The molecule has 0 saturated carbocycles. The number of benzene rings is 2. The molecule has 1 aromatic heterocycles. The van der Waals surface area contributed by atoms with Crippen LogP contribution in [0.2, 0.25) is 0 Å². The summed E-state index contributed by atoms with van der Waals surface area (Å²) in [7, 11) is 0. The van der Waals surface area contributed by atoms with E-state index in [1.807, 2.05) is 24.3 Å². The van der Waals surface area contributed by atoms with Crippen molar-refractivity contribution in [2.45, 2.75) is 26.9 Å². The Balaban J connectivity index is 1.74. The molecule has 27 heavy (non-hydrogen) atoms. The van der Waals surface area contributed by atoms with Crippen molar-refractivity contribution in [2.75, 3.05) is 5.32 Å². The number of nitrogens with one attached hydrogen (secondary N) is 1. The van der Waals surface area contributed by atoms with E-state index in [4.69, 9.17) is 9.26 Å². The summed E-state index contributed by atoms with van der Waals surface area (Å²) in [5.41, 5.74) is 1.86. The first-order valence-corrected chi connectivity index (χ1v) is 9.20. The Kier molecular flexibility index (Phi) is 5.91. The second kappa shape index (κ2) is 8.35. The van der Waals surface area contributed by atoms with Crippen LogP contribution in [0.3, 0.4) is 0 Å². The van der Waals surface area contributed by atoms with Crippen molar-refractivity contribution in [3.05, 3.63) is 75.3 Å². The second-order valence-corrected chi connectivity index (χ2v) is 6.85. The van der Waals surface area contributed by atoms with E-state index in [1.165, 1.54) is 17.7 Å². The van der Waals surface area contributed by atoms with E-state index in [1.54, 1.807) is 13.0 Å². The molecule has 0 fully saturated rings. The predicted octanol–water partition coefficient (Wildman–Crippen LogP) is 5.28. The standard InChI is InChI=1S/C20H18BrFN2O3/c1-3-13-4-7-15(8-5-13)26-11-16-12(2)27-24-19(16)20(25)23-18-9-6-14(21)10-17(18)22/h4-10H,3,11H2,1-2H3,(H,23,25). The van der Waals surface area contributed by atoms with Crippen molar-refractivity contribution in [3.63, 3.8) is 0 Å². The average molecular weight is 433 g/mol. The van der Waals surface area contributed by atoms with Gasteiger partial charge in [0.1, 0.15) is 23.9 Å². The van der Waals surface area contributed by atoms with Gasteiger partial charge in [-0.2, -0.15) is 0 Å². The van der Waals surface area contributed by atoms with Crippen LogP contribution in [0.5, 0.6) is 5.75 Å². The van der Waals surface area contributed by atoms with Crippen molar-refractivity contribution in [1.29, 1.82) is 0 Å². The van der Waals surface area contributed by atoms with Gasteiger partial charge >= 0.3 is 0 Å². The molecule has 0 radical (unpaired) electrons. The molecule has 1 heterocycles. The summed E-state index contributed by atoms with van der Waals surface area (Å²) in [6.07, 6.45) is 0.946. The lowest BCUT2D eigenvalue weighted by atomic mass is 10.1. The number of aromatic nitrogens is 1. The molecular weight excluding hydrogens is 415 g/mol. The molecule has 3 rings (SSSR count). The van der Waals surface area contributed by atoms with Crippen LogP contribution >= 0.6 is 15.9 Å². The fourth-order valence-electron chi connectivity index (χ4n) is 2.49. The summed E-state index contributed by atoms with van der Waals surface area (Å²) < 4.78 is 25.4. The molecule has 0 aliphatic rings. The van der Waals surface area contributed by atoms with Gasteiger partial charge in [0, 0.05) is 4.47 Å². The number of hydrogen-bond donors (Lipinski definition) is 1. The van der Waals surface area contributed by atoms with Crippen molar-refractivity contribution in [2.24, 2.45) is 0 Å². The van der Waals surface area contributed by atoms with Gasteiger partial charge < -0.3 is 14.6 Å². The van der Waals surface area contributed by atoms with Crippen molar-refractivity contribution >= 4 is 27.5 Å². The molecule has 0 atom stereocenters. The first-order chi connectivity index (χ1) is 13.0. The third-order valence-corrected chi connectivity index (χ3v) is 4.59. The van der Waals surface area contributed by atoms with Crippen LogP contribution in [0.1, 0.15) is 34.3 Å². The highest BCUT2D eigenvalue weighted by molar-refractivity contribution is 9.10. The lowest BCUT2D eigenvalue weighted by Gasteiger charge is -2.08. The summed E-state index contributed by atoms with van der Waals surface area (Å²) in [4.78, 5) is 12.5. The summed E-state index contributed by atoms with van der Waals surface area (Å²) in [5.74, 6) is 0.0412. The molecule has 2 aromatic carbocycles. The minimum absolute atomic E-state index is 0.0610. The topological polar surface area (TPSA) is 64.4 Å². The summed E-state index contributed by atoms with van der Waals surface area (Å²) in [5, 5.41) is 6.31. The Bertz CT molecular complexity index is 954. The number of halogens is 2. The quantitative estimate of drug-likeness (QED) is 0.575. The Morgan fingerprint density at radius 1 is 1.26 bits per heavy atom. The highest BCUT2D eigenvalue weighted by atomic mass is 79.9. The van der Waals surface area contributed by atoms with Gasteiger partial charge in [0.15, 0.2) is 5.69 Å². The van der Waals surface area contributed by atoms with Gasteiger partial charge in [-0.25, -0.2) is 4.39 Å². The number of nitrogens with zero attached hydrogens (tertiary/aromatic N) is 1. The van der Waals surface area contributed by atoms with Crippen LogP contribution in [-0.4, -0.2) is 11.1 Å². The predicted molar refractivity (Wildman–Crippen MR) is 103 cm³/mol. The maximum atomic E-state index is 14.0. The highest BCUT2D eigenvalue weighted by Gasteiger charge is 2.21. The second-order valence-electron chi connectivity index (χ2n) is 5.93. The molecule has 3 aromatic rings. The number of carbonyl (C=O) groups excluding carboxylic acids is 1. The molecule has 0 saturated heterocycles. The van der Waals surface area contributed by atoms with Crippen molar-refractivity contribution in [1.82, 2.24) is 5.16 Å².